The molecule has 2 aromatic rings. The minimum Gasteiger partial charge on any atom is -0.354 e. The van der Waals surface area contributed by atoms with Gasteiger partial charge < -0.3 is 10.2 Å². The van der Waals surface area contributed by atoms with E-state index in [1.807, 2.05) is 23.8 Å². The van der Waals surface area contributed by atoms with Crippen molar-refractivity contribution in [1.29, 1.82) is 0 Å². The van der Waals surface area contributed by atoms with Crippen LogP contribution >= 0.6 is 0 Å². The van der Waals surface area contributed by atoms with E-state index < -0.39 is 0 Å². The Morgan fingerprint density at radius 3 is 3.25 bits per heavy atom. The highest BCUT2D eigenvalue weighted by Gasteiger charge is 2.32. The van der Waals surface area contributed by atoms with Crippen LogP contribution in [0.15, 0.2) is 18.5 Å². The molecular formula is C15H21N5. The maximum Gasteiger partial charge on any atom is 0.154 e. The van der Waals surface area contributed by atoms with E-state index in [1.165, 1.54) is 25.8 Å². The Hall–Kier alpha value is -1.62. The second-order valence-electron chi connectivity index (χ2n) is 6.06. The number of hydrogen-bond donors (Lipinski definition) is 1. The van der Waals surface area contributed by atoms with E-state index in [0.717, 1.165) is 36.0 Å². The highest BCUT2D eigenvalue weighted by molar-refractivity contribution is 5.69. The average Bonchev–Trinajstić information content (AvgIpc) is 2.86. The zero-order chi connectivity index (χ0) is 13.5. The Morgan fingerprint density at radius 2 is 2.30 bits per heavy atom. The first-order valence-electron chi connectivity index (χ1n) is 7.60. The van der Waals surface area contributed by atoms with Gasteiger partial charge in [0.2, 0.25) is 0 Å². The lowest BCUT2D eigenvalue weighted by Gasteiger charge is -2.42. The highest BCUT2D eigenvalue weighted by atomic mass is 15.3. The van der Waals surface area contributed by atoms with E-state index in [4.69, 9.17) is 0 Å². The van der Waals surface area contributed by atoms with Crippen molar-refractivity contribution in [3.8, 4) is 0 Å². The van der Waals surface area contributed by atoms with Crippen LogP contribution in [0.5, 0.6) is 0 Å². The molecule has 2 atom stereocenters. The molecule has 2 aliphatic rings. The van der Waals surface area contributed by atoms with E-state index in [9.17, 15) is 0 Å². The Labute approximate surface area is 119 Å². The third-order valence-electron chi connectivity index (χ3n) is 4.68. The lowest BCUT2D eigenvalue weighted by Crippen LogP contribution is -2.52. The first-order valence-corrected chi connectivity index (χ1v) is 7.60. The summed E-state index contributed by atoms with van der Waals surface area (Å²) in [6.07, 6.45) is 7.66. The first-order chi connectivity index (χ1) is 9.81. The van der Waals surface area contributed by atoms with Crippen molar-refractivity contribution in [1.82, 2.24) is 19.9 Å². The third kappa shape index (κ3) is 1.97. The molecule has 4 rings (SSSR count). The molecule has 2 aromatic heterocycles. The summed E-state index contributed by atoms with van der Waals surface area (Å²) >= 11 is 0. The average molecular weight is 271 g/mol. The molecular weight excluding hydrogens is 250 g/mol. The lowest BCUT2D eigenvalue weighted by molar-refractivity contribution is 0.244. The molecule has 0 saturated carbocycles. The molecule has 0 amide bonds. The number of aryl methyl sites for hydroxylation is 1. The summed E-state index contributed by atoms with van der Waals surface area (Å²) < 4.78 is 1.95. The number of piperidine rings is 2. The fourth-order valence-corrected chi connectivity index (χ4v) is 3.71. The van der Waals surface area contributed by atoms with Crippen molar-refractivity contribution in [3.05, 3.63) is 24.2 Å². The standard InChI is InChI=1S/C15H21N5/c1-11-9-14-15(17-6-8-20(14)18-11)19-7-4-13-12(10-19)3-2-5-16-13/h6,8-9,12-13,16H,2-5,7,10H2,1H3. The van der Waals surface area contributed by atoms with Gasteiger partial charge in [0, 0.05) is 31.5 Å². The summed E-state index contributed by atoms with van der Waals surface area (Å²) in [7, 11) is 0. The molecule has 1 N–H and O–H groups in total. The molecule has 0 bridgehead atoms. The quantitative estimate of drug-likeness (QED) is 0.856. The van der Waals surface area contributed by atoms with Gasteiger partial charge in [-0.25, -0.2) is 9.50 Å². The second-order valence-corrected chi connectivity index (χ2v) is 6.06. The molecule has 5 heteroatoms. The Balaban J connectivity index is 1.66. The number of fused-ring (bicyclic) bond motifs is 2. The molecule has 2 fully saturated rings. The van der Waals surface area contributed by atoms with Crippen LogP contribution in [-0.2, 0) is 0 Å². The predicted molar refractivity (Wildman–Crippen MR) is 79.1 cm³/mol. The Morgan fingerprint density at radius 1 is 1.35 bits per heavy atom. The van der Waals surface area contributed by atoms with Crippen LogP contribution in [0.25, 0.3) is 5.52 Å². The van der Waals surface area contributed by atoms with Crippen LogP contribution in [0.3, 0.4) is 0 Å². The molecule has 2 saturated heterocycles. The maximum absolute atomic E-state index is 4.63. The molecule has 0 aliphatic carbocycles. The number of nitrogens with one attached hydrogen (secondary N) is 1. The zero-order valence-corrected chi connectivity index (χ0v) is 11.9. The van der Waals surface area contributed by atoms with Gasteiger partial charge in [0.1, 0.15) is 5.52 Å². The lowest BCUT2D eigenvalue weighted by atomic mass is 9.85. The van der Waals surface area contributed by atoms with Gasteiger partial charge in [0.05, 0.1) is 5.69 Å². The summed E-state index contributed by atoms with van der Waals surface area (Å²) in [5.74, 6) is 1.86. The molecule has 0 aromatic carbocycles. The molecule has 0 radical (unpaired) electrons. The second kappa shape index (κ2) is 4.74. The summed E-state index contributed by atoms with van der Waals surface area (Å²) in [5, 5.41) is 8.16. The molecule has 0 spiro atoms. The maximum atomic E-state index is 4.63. The highest BCUT2D eigenvalue weighted by Crippen LogP contribution is 2.29. The van der Waals surface area contributed by atoms with E-state index in [0.29, 0.717) is 6.04 Å². The summed E-state index contributed by atoms with van der Waals surface area (Å²) in [5.41, 5.74) is 2.18. The number of aromatic nitrogens is 3. The van der Waals surface area contributed by atoms with Gasteiger partial charge in [0.15, 0.2) is 5.82 Å². The van der Waals surface area contributed by atoms with Crippen LogP contribution < -0.4 is 10.2 Å². The minimum absolute atomic E-state index is 0.714. The van der Waals surface area contributed by atoms with Gasteiger partial charge in [-0.1, -0.05) is 0 Å². The summed E-state index contributed by atoms with van der Waals surface area (Å²) in [6.45, 7) is 5.44. The summed E-state index contributed by atoms with van der Waals surface area (Å²) in [6, 6.07) is 2.85. The van der Waals surface area contributed by atoms with Crippen LogP contribution in [-0.4, -0.2) is 40.3 Å². The zero-order valence-electron chi connectivity index (χ0n) is 11.9. The van der Waals surface area contributed by atoms with Crippen LogP contribution in [0.4, 0.5) is 5.82 Å². The van der Waals surface area contributed by atoms with E-state index >= 15 is 0 Å². The largest absolute Gasteiger partial charge is 0.354 e. The van der Waals surface area contributed by atoms with Crippen molar-refractivity contribution in [2.24, 2.45) is 5.92 Å². The monoisotopic (exact) mass is 271 g/mol. The Bertz CT molecular complexity index is 620. The summed E-state index contributed by atoms with van der Waals surface area (Å²) in [4.78, 5) is 7.08. The minimum atomic E-state index is 0.714. The smallest absolute Gasteiger partial charge is 0.154 e. The third-order valence-corrected chi connectivity index (χ3v) is 4.68. The fraction of sp³-hybridized carbons (Fsp3) is 0.600. The van der Waals surface area contributed by atoms with Crippen molar-refractivity contribution >= 4 is 11.3 Å². The molecule has 2 unspecified atom stereocenters. The number of nitrogens with zero attached hydrogens (tertiary/aromatic N) is 4. The predicted octanol–water partition coefficient (Wildman–Crippen LogP) is 1.62. The molecule has 5 nitrogen and oxygen atoms in total. The van der Waals surface area contributed by atoms with Gasteiger partial charge in [0.25, 0.3) is 0 Å². The molecule has 2 aliphatic heterocycles. The van der Waals surface area contributed by atoms with Crippen molar-refractivity contribution < 1.29 is 0 Å². The SMILES string of the molecule is Cc1cc2c(N3CCC4NCCCC4C3)nccn2n1. The van der Waals surface area contributed by atoms with Crippen molar-refractivity contribution in [2.45, 2.75) is 32.2 Å². The molecule has 20 heavy (non-hydrogen) atoms. The molecule has 106 valence electrons. The molecule has 4 heterocycles. The van der Waals surface area contributed by atoms with Gasteiger partial charge >= 0.3 is 0 Å². The number of hydrogen-bond acceptors (Lipinski definition) is 4. The van der Waals surface area contributed by atoms with Gasteiger partial charge in [-0.2, -0.15) is 5.10 Å². The van der Waals surface area contributed by atoms with Crippen molar-refractivity contribution in [3.63, 3.8) is 0 Å². The Kier molecular flexibility index (Phi) is 2.88. The van der Waals surface area contributed by atoms with E-state index in [2.05, 4.69) is 26.4 Å². The fourth-order valence-electron chi connectivity index (χ4n) is 3.71. The topological polar surface area (TPSA) is 45.5 Å². The van der Waals surface area contributed by atoms with Gasteiger partial charge in [-0.15, -0.1) is 0 Å². The van der Waals surface area contributed by atoms with E-state index in [-0.39, 0.29) is 0 Å². The normalized spacial score (nSPS) is 26.8. The van der Waals surface area contributed by atoms with Crippen LogP contribution in [0.1, 0.15) is 25.0 Å². The van der Waals surface area contributed by atoms with Crippen LogP contribution in [0.2, 0.25) is 0 Å². The van der Waals surface area contributed by atoms with Gasteiger partial charge in [-0.05, 0) is 44.7 Å². The first kappa shape index (κ1) is 12.1. The van der Waals surface area contributed by atoms with Gasteiger partial charge in [-0.3, -0.25) is 0 Å². The number of rotatable bonds is 1. The van der Waals surface area contributed by atoms with Crippen molar-refractivity contribution in [2.75, 3.05) is 24.5 Å². The van der Waals surface area contributed by atoms with Crippen LogP contribution in [0, 0.1) is 12.8 Å². The number of anilines is 1. The van der Waals surface area contributed by atoms with E-state index in [1.54, 1.807) is 0 Å².